The summed E-state index contributed by atoms with van der Waals surface area (Å²) >= 11 is 0. The first-order valence-corrected chi connectivity index (χ1v) is 9.99. The number of aromatic nitrogens is 2. The maximum absolute atomic E-state index is 5.92. The zero-order chi connectivity index (χ0) is 20.6. The molecule has 0 amide bonds. The summed E-state index contributed by atoms with van der Waals surface area (Å²) in [5.41, 5.74) is 4.06. The fraction of sp³-hybridized carbons (Fsp3) is 0.333. The fourth-order valence-electron chi connectivity index (χ4n) is 2.71. The number of oxazole rings is 1. The summed E-state index contributed by atoms with van der Waals surface area (Å²) in [6.45, 7) is 10.9. The third-order valence-corrected chi connectivity index (χ3v) is 4.31. The molecule has 0 atom stereocenters. The lowest BCUT2D eigenvalue weighted by atomic mass is 10.2. The minimum atomic E-state index is 0.519. The van der Waals surface area contributed by atoms with E-state index in [1.54, 1.807) is 6.20 Å². The molecule has 0 aliphatic rings. The van der Waals surface area contributed by atoms with E-state index in [0.29, 0.717) is 24.2 Å². The Kier molecular flexibility index (Phi) is 7.19. The molecule has 0 saturated carbocycles. The second-order valence-corrected chi connectivity index (χ2v) is 7.72. The van der Waals surface area contributed by atoms with Crippen LogP contribution in [0, 0.1) is 5.92 Å². The van der Waals surface area contributed by atoms with Gasteiger partial charge < -0.3 is 14.5 Å². The van der Waals surface area contributed by atoms with Crippen molar-refractivity contribution < 1.29 is 9.15 Å². The Morgan fingerprint density at radius 3 is 2.52 bits per heavy atom. The van der Waals surface area contributed by atoms with Crippen LogP contribution in [0.1, 0.15) is 33.3 Å². The van der Waals surface area contributed by atoms with Crippen molar-refractivity contribution in [3.63, 3.8) is 0 Å². The molecule has 5 nitrogen and oxygen atoms in total. The average molecular weight is 392 g/mol. The van der Waals surface area contributed by atoms with Gasteiger partial charge in [0.25, 0.3) is 0 Å². The Hall–Kier alpha value is -2.92. The van der Waals surface area contributed by atoms with Gasteiger partial charge in [-0.1, -0.05) is 25.5 Å². The van der Waals surface area contributed by atoms with E-state index in [9.17, 15) is 0 Å². The standard InChI is InChI=1S/C24H29N3O2/c1-17(2)11-12-28-21-8-6-20(7-9-21)23-16-27-24(29-23)22-10-5-19(15-26-22)14-25-13-18(3)4/h5-11,15-16,18,25H,12-14H2,1-4H3. The number of nitrogens with one attached hydrogen (secondary N) is 1. The van der Waals surface area contributed by atoms with Crippen LogP contribution < -0.4 is 10.1 Å². The van der Waals surface area contributed by atoms with Crippen LogP contribution in [0.3, 0.4) is 0 Å². The minimum absolute atomic E-state index is 0.519. The summed E-state index contributed by atoms with van der Waals surface area (Å²) in [5.74, 6) is 2.69. The van der Waals surface area contributed by atoms with Gasteiger partial charge in [-0.2, -0.15) is 0 Å². The molecule has 3 aromatic rings. The molecule has 3 rings (SSSR count). The van der Waals surface area contributed by atoms with E-state index in [4.69, 9.17) is 9.15 Å². The van der Waals surface area contributed by atoms with Gasteiger partial charge in [0, 0.05) is 18.3 Å². The number of hydrogen-bond acceptors (Lipinski definition) is 5. The molecule has 0 fully saturated rings. The Labute approximate surface area is 172 Å². The maximum Gasteiger partial charge on any atom is 0.245 e. The molecule has 2 heterocycles. The number of hydrogen-bond donors (Lipinski definition) is 1. The van der Waals surface area contributed by atoms with Gasteiger partial charge in [0.1, 0.15) is 18.1 Å². The number of benzene rings is 1. The molecule has 29 heavy (non-hydrogen) atoms. The van der Waals surface area contributed by atoms with E-state index >= 15 is 0 Å². The highest BCUT2D eigenvalue weighted by molar-refractivity contribution is 5.60. The highest BCUT2D eigenvalue weighted by Gasteiger charge is 2.10. The first-order chi connectivity index (χ1) is 14.0. The molecule has 1 aromatic carbocycles. The van der Waals surface area contributed by atoms with Crippen LogP contribution in [-0.4, -0.2) is 23.1 Å². The van der Waals surface area contributed by atoms with Crippen LogP contribution in [0.5, 0.6) is 5.75 Å². The molecule has 0 bridgehead atoms. The molecule has 1 N–H and O–H groups in total. The van der Waals surface area contributed by atoms with Crippen molar-refractivity contribution in [3.05, 3.63) is 66.0 Å². The van der Waals surface area contributed by atoms with Crippen LogP contribution in [0.25, 0.3) is 22.9 Å². The zero-order valence-corrected chi connectivity index (χ0v) is 17.6. The number of ether oxygens (including phenoxy) is 1. The smallest absolute Gasteiger partial charge is 0.245 e. The van der Waals surface area contributed by atoms with Crippen molar-refractivity contribution in [1.29, 1.82) is 0 Å². The Balaban J connectivity index is 1.62. The van der Waals surface area contributed by atoms with Crippen molar-refractivity contribution >= 4 is 0 Å². The van der Waals surface area contributed by atoms with Gasteiger partial charge in [0.15, 0.2) is 5.76 Å². The normalized spacial score (nSPS) is 10.9. The lowest BCUT2D eigenvalue weighted by Crippen LogP contribution is -2.18. The summed E-state index contributed by atoms with van der Waals surface area (Å²) < 4.78 is 11.6. The van der Waals surface area contributed by atoms with Crippen molar-refractivity contribution in [3.8, 4) is 28.7 Å². The van der Waals surface area contributed by atoms with Gasteiger partial charge in [-0.25, -0.2) is 4.98 Å². The van der Waals surface area contributed by atoms with E-state index in [2.05, 4.69) is 55.1 Å². The molecular weight excluding hydrogens is 362 g/mol. The summed E-state index contributed by atoms with van der Waals surface area (Å²) in [4.78, 5) is 8.88. The van der Waals surface area contributed by atoms with Gasteiger partial charge in [-0.15, -0.1) is 0 Å². The Bertz CT molecular complexity index is 922. The van der Waals surface area contributed by atoms with Gasteiger partial charge in [0.05, 0.1) is 6.20 Å². The predicted molar refractivity (Wildman–Crippen MR) is 117 cm³/mol. The summed E-state index contributed by atoms with van der Waals surface area (Å²) in [6, 6.07) is 11.8. The molecule has 0 radical (unpaired) electrons. The van der Waals surface area contributed by atoms with E-state index < -0.39 is 0 Å². The summed E-state index contributed by atoms with van der Waals surface area (Å²) in [6.07, 6.45) is 5.65. The first-order valence-electron chi connectivity index (χ1n) is 9.99. The average Bonchev–Trinajstić information content (AvgIpc) is 3.19. The number of allylic oxidation sites excluding steroid dienone is 1. The molecule has 0 spiro atoms. The molecule has 0 unspecified atom stereocenters. The third-order valence-electron chi connectivity index (χ3n) is 4.31. The molecule has 0 aliphatic heterocycles. The largest absolute Gasteiger partial charge is 0.490 e. The van der Waals surface area contributed by atoms with Crippen LogP contribution in [0.15, 0.2) is 64.9 Å². The van der Waals surface area contributed by atoms with E-state index in [1.807, 2.05) is 36.5 Å². The van der Waals surface area contributed by atoms with Gasteiger partial charge in [-0.05, 0) is 68.3 Å². The second-order valence-electron chi connectivity index (χ2n) is 7.72. The van der Waals surface area contributed by atoms with E-state index in [0.717, 1.165) is 35.7 Å². The Morgan fingerprint density at radius 2 is 1.86 bits per heavy atom. The van der Waals surface area contributed by atoms with Crippen LogP contribution in [-0.2, 0) is 6.54 Å². The van der Waals surface area contributed by atoms with Gasteiger partial charge in [-0.3, -0.25) is 4.98 Å². The molecule has 2 aromatic heterocycles. The van der Waals surface area contributed by atoms with Crippen molar-refractivity contribution in [1.82, 2.24) is 15.3 Å². The number of pyridine rings is 1. The molecular formula is C24H29N3O2. The van der Waals surface area contributed by atoms with Crippen LogP contribution in [0.4, 0.5) is 0 Å². The lowest BCUT2D eigenvalue weighted by molar-refractivity contribution is 0.362. The monoisotopic (exact) mass is 391 g/mol. The minimum Gasteiger partial charge on any atom is -0.490 e. The van der Waals surface area contributed by atoms with Gasteiger partial charge in [0.2, 0.25) is 5.89 Å². The third kappa shape index (κ3) is 6.29. The lowest BCUT2D eigenvalue weighted by Gasteiger charge is -2.07. The number of rotatable bonds is 9. The highest BCUT2D eigenvalue weighted by atomic mass is 16.5. The first kappa shape index (κ1) is 20.8. The van der Waals surface area contributed by atoms with Crippen LogP contribution >= 0.6 is 0 Å². The zero-order valence-electron chi connectivity index (χ0n) is 17.6. The molecule has 0 saturated heterocycles. The summed E-state index contributed by atoms with van der Waals surface area (Å²) in [7, 11) is 0. The highest BCUT2D eigenvalue weighted by Crippen LogP contribution is 2.26. The number of nitrogens with zero attached hydrogens (tertiary/aromatic N) is 2. The van der Waals surface area contributed by atoms with Crippen LogP contribution in [0.2, 0.25) is 0 Å². The van der Waals surface area contributed by atoms with E-state index in [-0.39, 0.29) is 0 Å². The topological polar surface area (TPSA) is 60.2 Å². The van der Waals surface area contributed by atoms with E-state index in [1.165, 1.54) is 5.57 Å². The predicted octanol–water partition coefficient (Wildman–Crippen LogP) is 5.49. The fourth-order valence-corrected chi connectivity index (χ4v) is 2.71. The molecule has 5 heteroatoms. The van der Waals surface area contributed by atoms with Gasteiger partial charge >= 0.3 is 0 Å². The Morgan fingerprint density at radius 1 is 1.07 bits per heavy atom. The van der Waals surface area contributed by atoms with Crippen molar-refractivity contribution in [2.75, 3.05) is 13.2 Å². The van der Waals surface area contributed by atoms with Crippen molar-refractivity contribution in [2.24, 2.45) is 5.92 Å². The summed E-state index contributed by atoms with van der Waals surface area (Å²) in [5, 5.41) is 3.42. The molecule has 0 aliphatic carbocycles. The SMILES string of the molecule is CC(C)=CCOc1ccc(-c2cnc(-c3ccc(CNCC(C)C)cn3)o2)cc1. The van der Waals surface area contributed by atoms with Crippen molar-refractivity contribution in [2.45, 2.75) is 34.2 Å². The molecule has 152 valence electrons. The maximum atomic E-state index is 5.92. The second kappa shape index (κ2) is 10.0. The quantitative estimate of drug-likeness (QED) is 0.489.